The molecule has 0 bridgehead atoms. The third kappa shape index (κ3) is 4.82. The van der Waals surface area contributed by atoms with Gasteiger partial charge in [-0.15, -0.1) is 22.7 Å². The minimum Gasteiger partial charge on any atom is -0.465 e. The van der Waals surface area contributed by atoms with Crippen LogP contribution in [0.3, 0.4) is 0 Å². The summed E-state index contributed by atoms with van der Waals surface area (Å²) in [7, 11) is 1.40. The van der Waals surface area contributed by atoms with Gasteiger partial charge in [-0.1, -0.05) is 45.4 Å². The van der Waals surface area contributed by atoms with Crippen LogP contribution < -0.4 is 5.32 Å². The summed E-state index contributed by atoms with van der Waals surface area (Å²) in [6.07, 6.45) is 3.87. The van der Waals surface area contributed by atoms with E-state index in [1.54, 1.807) is 11.3 Å². The number of benzene rings is 1. The third-order valence-electron chi connectivity index (χ3n) is 7.85. The number of nitrogens with zero attached hydrogens (tertiary/aromatic N) is 1. The summed E-state index contributed by atoms with van der Waals surface area (Å²) in [5, 5.41) is 4.45. The smallest absolute Gasteiger partial charge is 0.341 e. The van der Waals surface area contributed by atoms with E-state index in [4.69, 9.17) is 9.72 Å². The van der Waals surface area contributed by atoms with E-state index in [1.807, 2.05) is 36.4 Å². The summed E-state index contributed by atoms with van der Waals surface area (Å²) in [4.78, 5) is 34.9. The Labute approximate surface area is 225 Å². The van der Waals surface area contributed by atoms with Crippen LogP contribution in [0.25, 0.3) is 21.5 Å². The van der Waals surface area contributed by atoms with Crippen molar-refractivity contribution in [3.8, 4) is 10.6 Å². The topological polar surface area (TPSA) is 68.3 Å². The first-order chi connectivity index (χ1) is 17.7. The van der Waals surface area contributed by atoms with E-state index in [0.29, 0.717) is 22.0 Å². The quantitative estimate of drug-likeness (QED) is 0.256. The van der Waals surface area contributed by atoms with Crippen LogP contribution in [0.4, 0.5) is 5.00 Å². The van der Waals surface area contributed by atoms with Crippen molar-refractivity contribution in [3.05, 3.63) is 68.9 Å². The second-order valence-corrected chi connectivity index (χ2v) is 12.8. The average molecular weight is 533 g/mol. The number of aromatic nitrogens is 1. The van der Waals surface area contributed by atoms with Crippen LogP contribution in [0.5, 0.6) is 0 Å². The zero-order valence-electron chi connectivity index (χ0n) is 21.9. The minimum absolute atomic E-state index is 0.225. The predicted molar refractivity (Wildman–Crippen MR) is 153 cm³/mol. The van der Waals surface area contributed by atoms with Crippen molar-refractivity contribution < 1.29 is 14.3 Å². The van der Waals surface area contributed by atoms with Crippen molar-refractivity contribution in [2.24, 2.45) is 11.3 Å². The first-order valence-electron chi connectivity index (χ1n) is 12.7. The number of esters is 1. The number of hydrogen-bond donors (Lipinski definition) is 1. The maximum atomic E-state index is 13.8. The van der Waals surface area contributed by atoms with Gasteiger partial charge in [0.25, 0.3) is 5.91 Å². The van der Waals surface area contributed by atoms with Gasteiger partial charge in [0.1, 0.15) is 5.00 Å². The summed E-state index contributed by atoms with van der Waals surface area (Å²) in [5.41, 5.74) is 3.84. The lowest BCUT2D eigenvalue weighted by atomic mass is 9.69. The second kappa shape index (κ2) is 10.0. The molecule has 1 N–H and O–H groups in total. The van der Waals surface area contributed by atoms with E-state index < -0.39 is 5.97 Å². The Balaban J connectivity index is 1.55. The molecule has 192 valence electrons. The standard InChI is InChI=1S/C30H32N2O3S2/c1-6-30(3,4)18-12-13-20-25(15-18)37-28(26(20)29(34)35-5)32-27(33)21-16-23(24-14-11-17(2)36-24)31-22-10-8-7-9-19(21)22/h7-11,14,16,18H,6,12-13,15H2,1-5H3,(H,32,33). The van der Waals surface area contributed by atoms with E-state index >= 15 is 0 Å². The van der Waals surface area contributed by atoms with Crippen LogP contribution in [-0.2, 0) is 17.6 Å². The molecule has 0 fully saturated rings. The molecule has 1 unspecified atom stereocenters. The lowest BCUT2D eigenvalue weighted by molar-refractivity contribution is 0.0600. The summed E-state index contributed by atoms with van der Waals surface area (Å²) in [6, 6.07) is 13.6. The molecule has 1 atom stereocenters. The Hall–Kier alpha value is -3.03. The molecule has 3 heterocycles. The van der Waals surface area contributed by atoms with Gasteiger partial charge in [0.15, 0.2) is 0 Å². The fraction of sp³-hybridized carbons (Fsp3) is 0.367. The van der Waals surface area contributed by atoms with Gasteiger partial charge in [0, 0.05) is 15.1 Å². The van der Waals surface area contributed by atoms with E-state index in [1.165, 1.54) is 28.2 Å². The molecule has 5 rings (SSSR count). The number of methoxy groups -OCH3 is 1. The number of ether oxygens (including phenoxy) is 1. The highest BCUT2D eigenvalue weighted by Gasteiger charge is 2.35. The van der Waals surface area contributed by atoms with Crippen LogP contribution in [0, 0.1) is 18.3 Å². The highest BCUT2D eigenvalue weighted by Crippen LogP contribution is 2.46. The molecule has 1 aliphatic carbocycles. The van der Waals surface area contributed by atoms with E-state index in [9.17, 15) is 9.59 Å². The average Bonchev–Trinajstić information content (AvgIpc) is 3.50. The van der Waals surface area contributed by atoms with Gasteiger partial charge in [-0.05, 0) is 67.3 Å². The highest BCUT2D eigenvalue weighted by molar-refractivity contribution is 7.17. The van der Waals surface area contributed by atoms with Crippen LogP contribution in [0.2, 0.25) is 0 Å². The fourth-order valence-electron chi connectivity index (χ4n) is 5.18. The molecule has 0 saturated heterocycles. The first-order valence-corrected chi connectivity index (χ1v) is 14.4. The predicted octanol–water partition coefficient (Wildman–Crippen LogP) is 7.91. The zero-order chi connectivity index (χ0) is 26.3. The monoisotopic (exact) mass is 532 g/mol. The summed E-state index contributed by atoms with van der Waals surface area (Å²) in [6.45, 7) is 8.94. The molecule has 7 heteroatoms. The van der Waals surface area contributed by atoms with Gasteiger partial charge in [0.2, 0.25) is 0 Å². The lowest BCUT2D eigenvalue weighted by Gasteiger charge is -2.36. The molecule has 5 nitrogen and oxygen atoms in total. The molecule has 3 aromatic heterocycles. The highest BCUT2D eigenvalue weighted by atomic mass is 32.1. The number of thiophene rings is 2. The molecule has 0 radical (unpaired) electrons. The van der Waals surface area contributed by atoms with Crippen LogP contribution >= 0.6 is 22.7 Å². The van der Waals surface area contributed by atoms with Crippen LogP contribution in [0.15, 0.2) is 42.5 Å². The number of carbonyl (C=O) groups excluding carboxylic acids is 2. The lowest BCUT2D eigenvalue weighted by Crippen LogP contribution is -2.28. The Kier molecular flexibility index (Phi) is 6.94. The number of fused-ring (bicyclic) bond motifs is 2. The van der Waals surface area contributed by atoms with Crippen molar-refractivity contribution in [1.29, 1.82) is 0 Å². The number of pyridine rings is 1. The molecule has 4 aromatic rings. The second-order valence-electron chi connectivity index (χ2n) is 10.4. The van der Waals surface area contributed by atoms with E-state index in [0.717, 1.165) is 52.7 Å². The number of hydrogen-bond acceptors (Lipinski definition) is 6. The molecule has 1 aromatic carbocycles. The maximum Gasteiger partial charge on any atom is 0.341 e. The normalized spacial score (nSPS) is 15.4. The Bertz CT molecular complexity index is 1500. The van der Waals surface area contributed by atoms with Crippen LogP contribution in [0.1, 0.15) is 69.6 Å². The van der Waals surface area contributed by atoms with Gasteiger partial charge < -0.3 is 10.1 Å². The Morgan fingerprint density at radius 2 is 1.95 bits per heavy atom. The van der Waals surface area contributed by atoms with E-state index in [-0.39, 0.29) is 11.3 Å². The van der Waals surface area contributed by atoms with Crippen molar-refractivity contribution in [3.63, 3.8) is 0 Å². The summed E-state index contributed by atoms with van der Waals surface area (Å²) in [5.74, 6) is -0.101. The Morgan fingerprint density at radius 3 is 2.65 bits per heavy atom. The molecular formula is C30H32N2O3S2. The van der Waals surface area contributed by atoms with Crippen molar-refractivity contribution in [1.82, 2.24) is 4.98 Å². The number of carbonyl (C=O) groups is 2. The number of para-hydroxylation sites is 1. The largest absolute Gasteiger partial charge is 0.465 e. The molecule has 0 spiro atoms. The van der Waals surface area contributed by atoms with Crippen molar-refractivity contribution in [2.45, 2.75) is 53.4 Å². The molecule has 37 heavy (non-hydrogen) atoms. The van der Waals surface area contributed by atoms with Gasteiger partial charge in [-0.3, -0.25) is 4.79 Å². The molecule has 0 saturated carbocycles. The Morgan fingerprint density at radius 1 is 1.16 bits per heavy atom. The van der Waals surface area contributed by atoms with Crippen LogP contribution in [-0.4, -0.2) is 24.0 Å². The minimum atomic E-state index is -0.393. The van der Waals surface area contributed by atoms with Crippen molar-refractivity contribution in [2.75, 3.05) is 12.4 Å². The number of aryl methyl sites for hydroxylation is 1. The van der Waals surface area contributed by atoms with Gasteiger partial charge >= 0.3 is 5.97 Å². The fourth-order valence-corrected chi connectivity index (χ4v) is 7.32. The molecule has 1 amide bonds. The summed E-state index contributed by atoms with van der Waals surface area (Å²) >= 11 is 3.17. The molecule has 1 aliphatic rings. The SMILES string of the molecule is CCC(C)(C)C1CCc2c(sc(NC(=O)c3cc(-c4ccc(C)s4)nc4ccccc34)c2C(=O)OC)C1. The molecule has 0 aliphatic heterocycles. The van der Waals surface area contributed by atoms with Crippen molar-refractivity contribution >= 4 is 50.5 Å². The van der Waals surface area contributed by atoms with E-state index in [2.05, 4.69) is 39.1 Å². The molecular weight excluding hydrogens is 500 g/mol. The first kappa shape index (κ1) is 25.6. The zero-order valence-corrected chi connectivity index (χ0v) is 23.6. The number of rotatable bonds is 6. The third-order valence-corrected chi connectivity index (χ3v) is 10.0. The van der Waals surface area contributed by atoms with Gasteiger partial charge in [-0.2, -0.15) is 0 Å². The maximum absolute atomic E-state index is 13.8. The van der Waals surface area contributed by atoms with Gasteiger partial charge in [-0.25, -0.2) is 9.78 Å². The number of anilines is 1. The van der Waals surface area contributed by atoms with Gasteiger partial charge in [0.05, 0.1) is 34.3 Å². The number of nitrogens with one attached hydrogen (secondary N) is 1. The number of amides is 1. The summed E-state index contributed by atoms with van der Waals surface area (Å²) < 4.78 is 5.16.